The van der Waals surface area contributed by atoms with E-state index in [1.165, 1.54) is 11.3 Å². The molecule has 0 radical (unpaired) electrons. The first kappa shape index (κ1) is 17.8. The number of carbonyl (C=O) groups excluding carboxylic acids is 1. The highest BCUT2D eigenvalue weighted by atomic mass is 127. The molecule has 0 atom stereocenters. The molecule has 0 saturated carbocycles. The molecule has 4 nitrogen and oxygen atoms in total. The molecule has 9 heteroatoms. The number of para-hydroxylation sites is 1. The number of benzene rings is 2. The predicted molar refractivity (Wildman–Crippen MR) is 112 cm³/mol. The van der Waals surface area contributed by atoms with Crippen LogP contribution in [0.1, 0.15) is 10.4 Å². The molecule has 0 aliphatic rings. The van der Waals surface area contributed by atoms with Gasteiger partial charge in [-0.1, -0.05) is 40.6 Å². The van der Waals surface area contributed by atoms with Crippen LogP contribution >= 0.6 is 69.3 Å². The number of thiazole rings is 1. The molecule has 1 amide bonds. The molecule has 0 aliphatic carbocycles. The van der Waals surface area contributed by atoms with Crippen molar-refractivity contribution in [3.05, 3.63) is 55.6 Å². The van der Waals surface area contributed by atoms with E-state index in [9.17, 15) is 4.79 Å². The van der Waals surface area contributed by atoms with Gasteiger partial charge in [-0.2, -0.15) is 0 Å². The number of anilines is 1. The SMILES string of the molecule is O=C(NC(=S)Nc1nc2c(Cl)cccc2s1)c1cc(I)ccc1Cl. The summed E-state index contributed by atoms with van der Waals surface area (Å²) in [6, 6.07) is 10.7. The van der Waals surface area contributed by atoms with Crippen molar-refractivity contribution in [2.45, 2.75) is 0 Å². The Morgan fingerprint density at radius 1 is 1.21 bits per heavy atom. The molecule has 1 aromatic heterocycles. The lowest BCUT2D eigenvalue weighted by atomic mass is 10.2. The van der Waals surface area contributed by atoms with Gasteiger partial charge in [0, 0.05) is 3.57 Å². The van der Waals surface area contributed by atoms with Crippen LogP contribution in [0.25, 0.3) is 10.2 Å². The van der Waals surface area contributed by atoms with Crippen molar-refractivity contribution in [1.82, 2.24) is 10.3 Å². The van der Waals surface area contributed by atoms with Crippen LogP contribution in [0.2, 0.25) is 10.0 Å². The highest BCUT2D eigenvalue weighted by molar-refractivity contribution is 14.1. The first-order valence-electron chi connectivity index (χ1n) is 6.56. The number of amides is 1. The summed E-state index contributed by atoms with van der Waals surface area (Å²) in [6.45, 7) is 0. The van der Waals surface area contributed by atoms with Crippen molar-refractivity contribution in [3.8, 4) is 0 Å². The minimum Gasteiger partial charge on any atom is -0.308 e. The van der Waals surface area contributed by atoms with Crippen LogP contribution in [0.4, 0.5) is 5.13 Å². The third-order valence-corrected chi connectivity index (χ3v) is 5.44. The summed E-state index contributed by atoms with van der Waals surface area (Å²) in [5, 5.41) is 7.12. The van der Waals surface area contributed by atoms with Crippen molar-refractivity contribution in [2.24, 2.45) is 0 Å². The standard InChI is InChI=1S/C15H8Cl2IN3OS2/c16-9-5-4-7(18)6-8(9)13(22)20-14(23)21-15-19-12-10(17)2-1-3-11(12)24-15/h1-6H,(H2,19,20,21,22,23). The van der Waals surface area contributed by atoms with Gasteiger partial charge >= 0.3 is 0 Å². The van der Waals surface area contributed by atoms with Gasteiger partial charge in [0.15, 0.2) is 10.2 Å². The molecule has 3 aromatic rings. The fraction of sp³-hybridized carbons (Fsp3) is 0. The number of halogens is 3. The average Bonchev–Trinajstić information content (AvgIpc) is 2.93. The third kappa shape index (κ3) is 3.97. The molecular formula is C15H8Cl2IN3OS2. The van der Waals surface area contributed by atoms with Crippen LogP contribution in [-0.2, 0) is 0 Å². The second-order valence-corrected chi connectivity index (χ2v) is 8.14. The normalized spacial score (nSPS) is 10.6. The summed E-state index contributed by atoms with van der Waals surface area (Å²) in [5.74, 6) is -0.379. The van der Waals surface area contributed by atoms with Gasteiger partial charge in [0.25, 0.3) is 5.91 Å². The smallest absolute Gasteiger partial charge is 0.258 e. The molecule has 0 aliphatic heterocycles. The second kappa shape index (κ2) is 7.49. The fourth-order valence-corrected chi connectivity index (χ4v) is 4.06. The lowest BCUT2D eigenvalue weighted by molar-refractivity contribution is 0.0978. The lowest BCUT2D eigenvalue weighted by Gasteiger charge is -2.08. The quantitative estimate of drug-likeness (QED) is 0.363. The number of carbonyl (C=O) groups is 1. The predicted octanol–water partition coefficient (Wildman–Crippen LogP) is 5.33. The Bertz CT molecular complexity index is 961. The summed E-state index contributed by atoms with van der Waals surface area (Å²) in [5.41, 5.74) is 1.06. The van der Waals surface area contributed by atoms with E-state index in [-0.39, 0.29) is 11.0 Å². The van der Waals surface area contributed by atoms with E-state index in [0.29, 0.717) is 26.3 Å². The third-order valence-electron chi connectivity index (χ3n) is 2.99. The Labute approximate surface area is 170 Å². The summed E-state index contributed by atoms with van der Waals surface area (Å²) in [6.07, 6.45) is 0. The number of hydrogen-bond donors (Lipinski definition) is 2. The molecule has 0 saturated heterocycles. The van der Waals surface area contributed by atoms with Crippen LogP contribution in [-0.4, -0.2) is 16.0 Å². The van der Waals surface area contributed by atoms with Crippen LogP contribution in [0.15, 0.2) is 36.4 Å². The number of fused-ring (bicyclic) bond motifs is 1. The van der Waals surface area contributed by atoms with Gasteiger partial charge in [0.2, 0.25) is 0 Å². The van der Waals surface area contributed by atoms with E-state index in [1.807, 2.05) is 18.2 Å². The lowest BCUT2D eigenvalue weighted by Crippen LogP contribution is -2.34. The first-order chi connectivity index (χ1) is 11.4. The van der Waals surface area contributed by atoms with Gasteiger partial charge in [-0.3, -0.25) is 10.1 Å². The average molecular weight is 508 g/mol. The molecular weight excluding hydrogens is 500 g/mol. The Morgan fingerprint density at radius 2 is 2.00 bits per heavy atom. The largest absolute Gasteiger partial charge is 0.308 e. The molecule has 1 heterocycles. The zero-order valence-corrected chi connectivity index (χ0v) is 17.1. The highest BCUT2D eigenvalue weighted by Gasteiger charge is 2.14. The monoisotopic (exact) mass is 507 g/mol. The number of nitrogens with one attached hydrogen (secondary N) is 2. The van der Waals surface area contributed by atoms with E-state index in [0.717, 1.165) is 8.27 Å². The van der Waals surface area contributed by atoms with Crippen LogP contribution in [0.5, 0.6) is 0 Å². The first-order valence-corrected chi connectivity index (χ1v) is 9.62. The number of thiocarbonyl (C=S) groups is 1. The molecule has 0 fully saturated rings. The molecule has 0 bridgehead atoms. The minimum absolute atomic E-state index is 0.144. The number of aromatic nitrogens is 1. The van der Waals surface area contributed by atoms with E-state index < -0.39 is 0 Å². The molecule has 24 heavy (non-hydrogen) atoms. The fourth-order valence-electron chi connectivity index (χ4n) is 1.94. The van der Waals surface area contributed by atoms with E-state index in [1.54, 1.807) is 18.2 Å². The molecule has 0 spiro atoms. The Balaban J connectivity index is 1.73. The van der Waals surface area contributed by atoms with Crippen LogP contribution < -0.4 is 10.6 Å². The Hall–Kier alpha value is -1.000. The van der Waals surface area contributed by atoms with E-state index in [2.05, 4.69) is 38.2 Å². The van der Waals surface area contributed by atoms with Crippen molar-refractivity contribution in [1.29, 1.82) is 0 Å². The molecule has 2 aromatic carbocycles. The van der Waals surface area contributed by atoms with Gasteiger partial charge in [-0.15, -0.1) is 0 Å². The summed E-state index contributed by atoms with van der Waals surface area (Å²) in [4.78, 5) is 16.7. The molecule has 0 unspecified atom stereocenters. The summed E-state index contributed by atoms with van der Waals surface area (Å²) >= 11 is 20.8. The van der Waals surface area contributed by atoms with Crippen molar-refractivity contribution in [3.63, 3.8) is 0 Å². The van der Waals surface area contributed by atoms with Crippen molar-refractivity contribution in [2.75, 3.05) is 5.32 Å². The number of hydrogen-bond acceptors (Lipinski definition) is 4. The van der Waals surface area contributed by atoms with Crippen molar-refractivity contribution < 1.29 is 4.79 Å². The van der Waals surface area contributed by atoms with E-state index >= 15 is 0 Å². The maximum Gasteiger partial charge on any atom is 0.258 e. The van der Waals surface area contributed by atoms with Gasteiger partial charge < -0.3 is 5.32 Å². The van der Waals surface area contributed by atoms with Gasteiger partial charge in [0.05, 0.1) is 20.3 Å². The Morgan fingerprint density at radius 3 is 2.75 bits per heavy atom. The zero-order chi connectivity index (χ0) is 17.3. The molecule has 2 N–H and O–H groups in total. The Kier molecular flexibility index (Phi) is 5.56. The topological polar surface area (TPSA) is 54.0 Å². The number of nitrogens with zero attached hydrogens (tertiary/aromatic N) is 1. The highest BCUT2D eigenvalue weighted by Crippen LogP contribution is 2.30. The zero-order valence-electron chi connectivity index (χ0n) is 11.8. The number of rotatable bonds is 2. The maximum atomic E-state index is 12.3. The molecule has 122 valence electrons. The van der Waals surface area contributed by atoms with E-state index in [4.69, 9.17) is 35.4 Å². The summed E-state index contributed by atoms with van der Waals surface area (Å²) < 4.78 is 1.83. The van der Waals surface area contributed by atoms with Gasteiger partial charge in [-0.05, 0) is 65.1 Å². The van der Waals surface area contributed by atoms with Gasteiger partial charge in [0.1, 0.15) is 5.52 Å². The summed E-state index contributed by atoms with van der Waals surface area (Å²) in [7, 11) is 0. The molecule has 3 rings (SSSR count). The van der Waals surface area contributed by atoms with Gasteiger partial charge in [-0.25, -0.2) is 4.98 Å². The maximum absolute atomic E-state index is 12.3. The van der Waals surface area contributed by atoms with Crippen LogP contribution in [0, 0.1) is 3.57 Å². The van der Waals surface area contributed by atoms with Crippen LogP contribution in [0.3, 0.4) is 0 Å². The minimum atomic E-state index is -0.379. The van der Waals surface area contributed by atoms with Crippen molar-refractivity contribution >= 4 is 95.7 Å². The second-order valence-electron chi connectivity index (χ2n) is 4.64.